The second-order valence-electron chi connectivity index (χ2n) is 3.34. The standard InChI is InChI=1S/C9H5ClFN5/c1-16-7-6-5(2-4(11)3-12-6)8(10)13-9(7)14-15-16/h2-3H,1H3. The van der Waals surface area contributed by atoms with E-state index in [1.807, 2.05) is 0 Å². The first-order valence-corrected chi connectivity index (χ1v) is 4.85. The maximum absolute atomic E-state index is 13.1. The average molecular weight is 238 g/mol. The first kappa shape index (κ1) is 9.41. The van der Waals surface area contributed by atoms with Crippen LogP contribution in [-0.2, 0) is 7.05 Å². The van der Waals surface area contributed by atoms with Crippen molar-refractivity contribution in [1.82, 2.24) is 25.0 Å². The number of pyridine rings is 2. The molecule has 0 N–H and O–H groups in total. The molecule has 7 heteroatoms. The van der Waals surface area contributed by atoms with Gasteiger partial charge in [-0.1, -0.05) is 16.8 Å². The number of nitrogens with zero attached hydrogens (tertiary/aromatic N) is 5. The van der Waals surface area contributed by atoms with Crippen LogP contribution in [0.25, 0.3) is 22.1 Å². The maximum Gasteiger partial charge on any atom is 0.205 e. The number of aryl methyl sites for hydroxylation is 1. The fourth-order valence-corrected chi connectivity index (χ4v) is 1.84. The van der Waals surface area contributed by atoms with Gasteiger partial charge in [0, 0.05) is 12.4 Å². The second-order valence-corrected chi connectivity index (χ2v) is 3.70. The molecule has 0 saturated heterocycles. The Kier molecular flexibility index (Phi) is 1.81. The molecular formula is C9H5ClFN5. The summed E-state index contributed by atoms with van der Waals surface area (Å²) >= 11 is 5.92. The molecular weight excluding hydrogens is 233 g/mol. The summed E-state index contributed by atoms with van der Waals surface area (Å²) < 4.78 is 14.6. The highest BCUT2D eigenvalue weighted by Crippen LogP contribution is 2.26. The van der Waals surface area contributed by atoms with Gasteiger partial charge in [-0.2, -0.15) is 0 Å². The van der Waals surface area contributed by atoms with Crippen LogP contribution in [-0.4, -0.2) is 25.0 Å². The van der Waals surface area contributed by atoms with Crippen LogP contribution < -0.4 is 0 Å². The van der Waals surface area contributed by atoms with E-state index in [4.69, 9.17) is 11.6 Å². The maximum atomic E-state index is 13.1. The fourth-order valence-electron chi connectivity index (χ4n) is 1.62. The molecule has 0 aliphatic carbocycles. The zero-order valence-electron chi connectivity index (χ0n) is 8.15. The van der Waals surface area contributed by atoms with Gasteiger partial charge in [-0.05, 0) is 6.07 Å². The summed E-state index contributed by atoms with van der Waals surface area (Å²) in [5.74, 6) is -0.453. The van der Waals surface area contributed by atoms with Gasteiger partial charge < -0.3 is 0 Å². The van der Waals surface area contributed by atoms with Crippen molar-refractivity contribution >= 4 is 33.7 Å². The molecule has 5 nitrogen and oxygen atoms in total. The van der Waals surface area contributed by atoms with Crippen LogP contribution in [0.4, 0.5) is 4.39 Å². The molecule has 0 radical (unpaired) electrons. The Bertz CT molecular complexity index is 708. The molecule has 3 aromatic heterocycles. The highest BCUT2D eigenvalue weighted by atomic mass is 35.5. The van der Waals surface area contributed by atoms with Crippen LogP contribution in [0.5, 0.6) is 0 Å². The lowest BCUT2D eigenvalue weighted by atomic mass is 10.2. The molecule has 0 spiro atoms. The number of hydrogen-bond acceptors (Lipinski definition) is 4. The quantitative estimate of drug-likeness (QED) is 0.559. The third kappa shape index (κ3) is 1.16. The lowest BCUT2D eigenvalue weighted by molar-refractivity contribution is 0.624. The van der Waals surface area contributed by atoms with Gasteiger partial charge in [0.05, 0.1) is 6.20 Å². The van der Waals surface area contributed by atoms with Gasteiger partial charge in [-0.25, -0.2) is 14.1 Å². The van der Waals surface area contributed by atoms with Crippen molar-refractivity contribution in [1.29, 1.82) is 0 Å². The van der Waals surface area contributed by atoms with Crippen LogP contribution in [0.1, 0.15) is 0 Å². The van der Waals surface area contributed by atoms with Crippen LogP contribution in [0.15, 0.2) is 12.3 Å². The van der Waals surface area contributed by atoms with Crippen molar-refractivity contribution in [3.63, 3.8) is 0 Å². The number of halogens is 2. The molecule has 0 aliphatic rings. The largest absolute Gasteiger partial charge is 0.251 e. The highest BCUT2D eigenvalue weighted by Gasteiger charge is 2.13. The minimum absolute atomic E-state index is 0.176. The molecule has 0 bridgehead atoms. The summed E-state index contributed by atoms with van der Waals surface area (Å²) in [5, 5.41) is 8.29. The van der Waals surface area contributed by atoms with Gasteiger partial charge in [0.2, 0.25) is 5.65 Å². The Morgan fingerprint density at radius 2 is 2.25 bits per heavy atom. The SMILES string of the molecule is Cn1nnc2nc(Cl)c3cc(F)cnc3c21. The van der Waals surface area contributed by atoms with E-state index < -0.39 is 5.82 Å². The van der Waals surface area contributed by atoms with E-state index >= 15 is 0 Å². The minimum atomic E-state index is -0.453. The molecule has 3 heterocycles. The normalized spacial score (nSPS) is 11.4. The molecule has 0 atom stereocenters. The zero-order valence-corrected chi connectivity index (χ0v) is 8.90. The molecule has 3 aromatic rings. The summed E-state index contributed by atoms with van der Waals surface area (Å²) in [6.07, 6.45) is 1.13. The Hall–Kier alpha value is -1.82. The molecule has 80 valence electrons. The first-order valence-electron chi connectivity index (χ1n) is 4.47. The van der Waals surface area contributed by atoms with E-state index in [0.717, 1.165) is 6.20 Å². The molecule has 16 heavy (non-hydrogen) atoms. The Morgan fingerprint density at radius 3 is 3.06 bits per heavy atom. The Labute approximate surface area is 93.9 Å². The number of hydrogen-bond donors (Lipinski definition) is 0. The molecule has 0 aliphatic heterocycles. The average Bonchev–Trinajstić information content (AvgIpc) is 2.61. The summed E-state index contributed by atoms with van der Waals surface area (Å²) in [4.78, 5) is 8.03. The molecule has 0 amide bonds. The monoisotopic (exact) mass is 237 g/mol. The van der Waals surface area contributed by atoms with Crippen molar-refractivity contribution in [2.75, 3.05) is 0 Å². The predicted octanol–water partition coefficient (Wildman–Crippen LogP) is 1.70. The third-order valence-corrected chi connectivity index (χ3v) is 2.60. The number of rotatable bonds is 0. The summed E-state index contributed by atoms with van der Waals surface area (Å²) in [7, 11) is 1.72. The van der Waals surface area contributed by atoms with Crippen molar-refractivity contribution in [2.45, 2.75) is 0 Å². The topological polar surface area (TPSA) is 56.5 Å². The third-order valence-electron chi connectivity index (χ3n) is 2.31. The van der Waals surface area contributed by atoms with E-state index in [0.29, 0.717) is 22.1 Å². The number of aromatic nitrogens is 5. The molecule has 3 rings (SSSR count). The molecule has 0 fully saturated rings. The first-order chi connectivity index (χ1) is 7.66. The van der Waals surface area contributed by atoms with Crippen molar-refractivity contribution in [3.8, 4) is 0 Å². The zero-order chi connectivity index (χ0) is 11.3. The molecule has 0 aromatic carbocycles. The van der Waals surface area contributed by atoms with E-state index in [-0.39, 0.29) is 5.15 Å². The minimum Gasteiger partial charge on any atom is -0.251 e. The second kappa shape index (κ2) is 3.08. The summed E-state index contributed by atoms with van der Waals surface area (Å²) in [6.45, 7) is 0. The molecule has 0 saturated carbocycles. The van der Waals surface area contributed by atoms with Gasteiger partial charge in [-0.15, -0.1) is 5.10 Å². The smallest absolute Gasteiger partial charge is 0.205 e. The van der Waals surface area contributed by atoms with E-state index in [1.54, 1.807) is 7.05 Å². The predicted molar refractivity (Wildman–Crippen MR) is 56.6 cm³/mol. The van der Waals surface area contributed by atoms with Crippen LogP contribution in [0, 0.1) is 5.82 Å². The van der Waals surface area contributed by atoms with E-state index in [2.05, 4.69) is 20.3 Å². The van der Waals surface area contributed by atoms with Crippen molar-refractivity contribution in [2.24, 2.45) is 7.05 Å². The van der Waals surface area contributed by atoms with Gasteiger partial charge in [0.15, 0.2) is 0 Å². The van der Waals surface area contributed by atoms with Gasteiger partial charge in [-0.3, -0.25) is 4.98 Å². The van der Waals surface area contributed by atoms with Gasteiger partial charge >= 0.3 is 0 Å². The number of fused-ring (bicyclic) bond motifs is 3. The van der Waals surface area contributed by atoms with Gasteiger partial charge in [0.25, 0.3) is 0 Å². The lowest BCUT2D eigenvalue weighted by Crippen LogP contribution is -1.93. The van der Waals surface area contributed by atoms with Gasteiger partial charge in [0.1, 0.15) is 22.0 Å². The fraction of sp³-hybridized carbons (Fsp3) is 0.111. The van der Waals surface area contributed by atoms with Crippen molar-refractivity contribution in [3.05, 3.63) is 23.2 Å². The van der Waals surface area contributed by atoms with E-state index in [9.17, 15) is 4.39 Å². The van der Waals surface area contributed by atoms with E-state index in [1.165, 1.54) is 10.7 Å². The van der Waals surface area contributed by atoms with Crippen molar-refractivity contribution < 1.29 is 4.39 Å². The van der Waals surface area contributed by atoms with Crippen LogP contribution in [0.3, 0.4) is 0 Å². The molecule has 0 unspecified atom stereocenters. The Morgan fingerprint density at radius 1 is 1.44 bits per heavy atom. The highest BCUT2D eigenvalue weighted by molar-refractivity contribution is 6.35. The summed E-state index contributed by atoms with van der Waals surface area (Å²) in [6, 6.07) is 1.30. The Balaban J connectivity index is 2.62. The van der Waals surface area contributed by atoms with Crippen LogP contribution >= 0.6 is 11.6 Å². The van der Waals surface area contributed by atoms with Crippen LogP contribution in [0.2, 0.25) is 5.15 Å². The summed E-state index contributed by atoms with van der Waals surface area (Å²) in [5.41, 5.74) is 1.59. The lowest BCUT2D eigenvalue weighted by Gasteiger charge is -2.01.